The predicted molar refractivity (Wildman–Crippen MR) is 57.8 cm³/mol. The summed E-state index contributed by atoms with van der Waals surface area (Å²) in [6.45, 7) is 1.78. The molecule has 0 aliphatic carbocycles. The summed E-state index contributed by atoms with van der Waals surface area (Å²) in [6, 6.07) is 0. The van der Waals surface area contributed by atoms with Crippen molar-refractivity contribution >= 4 is 11.6 Å². The molecule has 0 saturated heterocycles. The molecular formula is C10H8ClN3O. The fourth-order valence-electron chi connectivity index (χ4n) is 1.30. The molecule has 2 aromatic heterocycles. The van der Waals surface area contributed by atoms with Crippen molar-refractivity contribution in [3.63, 3.8) is 0 Å². The van der Waals surface area contributed by atoms with Crippen LogP contribution in [0.5, 0.6) is 0 Å². The average molecular weight is 222 g/mol. The van der Waals surface area contributed by atoms with Crippen molar-refractivity contribution in [2.75, 3.05) is 0 Å². The summed E-state index contributed by atoms with van der Waals surface area (Å²) in [5, 5.41) is 0.193. The van der Waals surface area contributed by atoms with Crippen LogP contribution in [0.2, 0.25) is 5.02 Å². The van der Waals surface area contributed by atoms with E-state index in [2.05, 4.69) is 15.0 Å². The lowest BCUT2D eigenvalue weighted by molar-refractivity contribution is 1.16. The molecular weight excluding hydrogens is 214 g/mol. The Kier molecular flexibility index (Phi) is 2.51. The maximum Gasteiger partial charge on any atom is 0.267 e. The van der Waals surface area contributed by atoms with Crippen molar-refractivity contribution < 1.29 is 0 Å². The molecule has 0 spiro atoms. The molecule has 0 unspecified atom stereocenters. The number of halogens is 1. The molecule has 76 valence electrons. The molecule has 1 N–H and O–H groups in total. The molecule has 15 heavy (non-hydrogen) atoms. The molecule has 0 radical (unpaired) electrons. The zero-order chi connectivity index (χ0) is 10.8. The van der Waals surface area contributed by atoms with Gasteiger partial charge in [0, 0.05) is 24.2 Å². The van der Waals surface area contributed by atoms with Gasteiger partial charge in [-0.1, -0.05) is 11.6 Å². The highest BCUT2D eigenvalue weighted by atomic mass is 35.5. The lowest BCUT2D eigenvalue weighted by atomic mass is 10.1. The lowest BCUT2D eigenvalue weighted by Gasteiger charge is -2.04. The third-order valence-electron chi connectivity index (χ3n) is 2.12. The highest BCUT2D eigenvalue weighted by molar-refractivity contribution is 6.31. The summed E-state index contributed by atoms with van der Waals surface area (Å²) in [7, 11) is 0. The van der Waals surface area contributed by atoms with Crippen LogP contribution in [0.25, 0.3) is 11.3 Å². The minimum absolute atomic E-state index is 0.193. The number of aromatic nitrogens is 3. The Labute approximate surface area is 91.0 Å². The van der Waals surface area contributed by atoms with Crippen LogP contribution in [0.3, 0.4) is 0 Å². The first kappa shape index (κ1) is 9.86. The first-order valence-corrected chi connectivity index (χ1v) is 4.72. The lowest BCUT2D eigenvalue weighted by Crippen LogP contribution is -2.08. The fourth-order valence-corrected chi connectivity index (χ4v) is 1.46. The molecule has 0 aliphatic rings. The summed E-state index contributed by atoms with van der Waals surface area (Å²) in [5.74, 6) is 0. The van der Waals surface area contributed by atoms with Crippen molar-refractivity contribution in [3.8, 4) is 11.3 Å². The molecule has 4 nitrogen and oxygen atoms in total. The molecule has 0 amide bonds. The Balaban J connectivity index is 2.65. The Morgan fingerprint density at radius 2 is 2.20 bits per heavy atom. The van der Waals surface area contributed by atoms with E-state index in [4.69, 9.17) is 11.6 Å². The van der Waals surface area contributed by atoms with Gasteiger partial charge in [0.15, 0.2) is 0 Å². The molecule has 0 aromatic carbocycles. The van der Waals surface area contributed by atoms with Crippen LogP contribution >= 0.6 is 11.6 Å². The molecule has 0 saturated carbocycles. The number of nitrogens with zero attached hydrogens (tertiary/aromatic N) is 2. The van der Waals surface area contributed by atoms with Crippen LogP contribution in [0.1, 0.15) is 5.56 Å². The van der Waals surface area contributed by atoms with Gasteiger partial charge >= 0.3 is 0 Å². The number of hydrogen-bond acceptors (Lipinski definition) is 3. The van der Waals surface area contributed by atoms with E-state index in [-0.39, 0.29) is 10.6 Å². The first-order chi connectivity index (χ1) is 7.20. The highest BCUT2D eigenvalue weighted by Gasteiger charge is 2.08. The fraction of sp³-hybridized carbons (Fsp3) is 0.100. The molecule has 2 rings (SSSR count). The van der Waals surface area contributed by atoms with E-state index in [0.29, 0.717) is 11.3 Å². The van der Waals surface area contributed by atoms with Gasteiger partial charge in [-0.25, -0.2) is 0 Å². The summed E-state index contributed by atoms with van der Waals surface area (Å²) in [4.78, 5) is 21.8. The van der Waals surface area contributed by atoms with Crippen molar-refractivity contribution in [2.24, 2.45) is 0 Å². The minimum Gasteiger partial charge on any atom is -0.327 e. The third kappa shape index (κ3) is 1.76. The van der Waals surface area contributed by atoms with Gasteiger partial charge in [-0.3, -0.25) is 14.8 Å². The first-order valence-electron chi connectivity index (χ1n) is 4.34. The van der Waals surface area contributed by atoms with Crippen LogP contribution in [0.15, 0.2) is 29.6 Å². The molecule has 0 bridgehead atoms. The Morgan fingerprint density at radius 1 is 1.40 bits per heavy atom. The van der Waals surface area contributed by atoms with Crippen molar-refractivity contribution in [2.45, 2.75) is 6.92 Å². The number of hydrogen-bond donors (Lipinski definition) is 1. The van der Waals surface area contributed by atoms with E-state index in [9.17, 15) is 4.79 Å². The van der Waals surface area contributed by atoms with Gasteiger partial charge in [0.1, 0.15) is 5.02 Å². The number of rotatable bonds is 1. The van der Waals surface area contributed by atoms with Crippen LogP contribution in [0.4, 0.5) is 0 Å². The van der Waals surface area contributed by atoms with E-state index in [1.165, 1.54) is 0 Å². The Hall–Kier alpha value is -1.68. The minimum atomic E-state index is -0.290. The molecule has 0 atom stereocenters. The van der Waals surface area contributed by atoms with Crippen LogP contribution in [-0.2, 0) is 0 Å². The van der Waals surface area contributed by atoms with E-state index >= 15 is 0 Å². The zero-order valence-corrected chi connectivity index (χ0v) is 8.75. The average Bonchev–Trinajstić information content (AvgIpc) is 2.27. The molecule has 5 heteroatoms. The van der Waals surface area contributed by atoms with Crippen LogP contribution in [-0.4, -0.2) is 15.0 Å². The van der Waals surface area contributed by atoms with Crippen molar-refractivity contribution in [1.29, 1.82) is 0 Å². The van der Waals surface area contributed by atoms with Gasteiger partial charge in [-0.2, -0.15) is 0 Å². The Morgan fingerprint density at radius 3 is 2.87 bits per heavy atom. The maximum absolute atomic E-state index is 11.2. The maximum atomic E-state index is 11.2. The van der Waals surface area contributed by atoms with Crippen molar-refractivity contribution in [1.82, 2.24) is 15.0 Å². The largest absolute Gasteiger partial charge is 0.327 e. The number of H-pyrrole nitrogens is 1. The normalized spacial score (nSPS) is 10.3. The summed E-state index contributed by atoms with van der Waals surface area (Å²) >= 11 is 5.84. The molecule has 0 fully saturated rings. The van der Waals surface area contributed by atoms with Gasteiger partial charge in [-0.15, -0.1) is 0 Å². The van der Waals surface area contributed by atoms with Gasteiger partial charge in [0.05, 0.1) is 11.9 Å². The zero-order valence-electron chi connectivity index (χ0n) is 7.99. The van der Waals surface area contributed by atoms with E-state index in [1.54, 1.807) is 31.7 Å². The van der Waals surface area contributed by atoms with Crippen LogP contribution in [0, 0.1) is 6.92 Å². The van der Waals surface area contributed by atoms with Gasteiger partial charge < -0.3 is 4.98 Å². The third-order valence-corrected chi connectivity index (χ3v) is 2.57. The van der Waals surface area contributed by atoms with Gasteiger partial charge in [0.2, 0.25) is 0 Å². The van der Waals surface area contributed by atoms with E-state index in [1.807, 2.05) is 0 Å². The van der Waals surface area contributed by atoms with Crippen molar-refractivity contribution in [3.05, 3.63) is 45.7 Å². The molecule has 2 heterocycles. The van der Waals surface area contributed by atoms with Gasteiger partial charge in [-0.05, 0) is 12.5 Å². The summed E-state index contributed by atoms with van der Waals surface area (Å²) < 4.78 is 0. The summed E-state index contributed by atoms with van der Waals surface area (Å²) in [5.41, 5.74) is 1.89. The van der Waals surface area contributed by atoms with E-state index < -0.39 is 0 Å². The second-order valence-corrected chi connectivity index (χ2v) is 3.44. The SMILES string of the molecule is Cc1c(-c2cnccn2)c[nH]c(=O)c1Cl. The number of pyridine rings is 1. The summed E-state index contributed by atoms with van der Waals surface area (Å²) in [6.07, 6.45) is 6.39. The van der Waals surface area contributed by atoms with Crippen LogP contribution < -0.4 is 5.56 Å². The number of aromatic amines is 1. The predicted octanol–water partition coefficient (Wildman–Crippen LogP) is 1.79. The smallest absolute Gasteiger partial charge is 0.267 e. The van der Waals surface area contributed by atoms with Gasteiger partial charge in [0.25, 0.3) is 5.56 Å². The van der Waals surface area contributed by atoms with E-state index in [0.717, 1.165) is 5.56 Å². The molecule has 0 aliphatic heterocycles. The quantitative estimate of drug-likeness (QED) is 0.799. The standard InChI is InChI=1S/C10H8ClN3O/c1-6-7(4-14-10(15)9(6)11)8-5-12-2-3-13-8/h2-5H,1H3,(H,14,15). The monoisotopic (exact) mass is 221 g/mol. The second kappa shape index (κ2) is 3.82. The topological polar surface area (TPSA) is 58.6 Å². The Bertz CT molecular complexity index is 536. The second-order valence-electron chi connectivity index (χ2n) is 3.06. The number of nitrogens with one attached hydrogen (secondary N) is 1. The highest BCUT2D eigenvalue weighted by Crippen LogP contribution is 2.22. The molecule has 2 aromatic rings.